The number of hydrogen-bond acceptors (Lipinski definition) is 5. The molecule has 1 N–H and O–H groups in total. The minimum absolute atomic E-state index is 0.428. The van der Waals surface area contributed by atoms with Crippen LogP contribution in [-0.2, 0) is 6.54 Å². The van der Waals surface area contributed by atoms with Crippen LogP contribution in [0.1, 0.15) is 35.8 Å². The van der Waals surface area contributed by atoms with Gasteiger partial charge in [-0.05, 0) is 62.2 Å². The quantitative estimate of drug-likeness (QED) is 0.740. The molecule has 2 aliphatic heterocycles. The maximum Gasteiger partial charge on any atom is 0.0702 e. The van der Waals surface area contributed by atoms with Gasteiger partial charge in [0, 0.05) is 61.7 Å². The molecular weight excluding hydrogens is 358 g/mol. The summed E-state index contributed by atoms with van der Waals surface area (Å²) in [5.74, 6) is 0. The van der Waals surface area contributed by atoms with Crippen LogP contribution in [0.4, 0.5) is 5.69 Å². The molecule has 29 heavy (non-hydrogen) atoms. The number of nitrogens with one attached hydrogen (secondary N) is 1. The molecule has 2 aromatic heterocycles. The lowest BCUT2D eigenvalue weighted by atomic mass is 10.1. The fourth-order valence-corrected chi connectivity index (χ4v) is 4.62. The first kappa shape index (κ1) is 18.5. The summed E-state index contributed by atoms with van der Waals surface area (Å²) in [7, 11) is 0. The summed E-state index contributed by atoms with van der Waals surface area (Å²) in [6.07, 6.45) is 4.31. The highest BCUT2D eigenvalue weighted by molar-refractivity contribution is 5.78. The third-order valence-electron chi connectivity index (χ3n) is 6.19. The van der Waals surface area contributed by atoms with Gasteiger partial charge in [-0.15, -0.1) is 0 Å². The summed E-state index contributed by atoms with van der Waals surface area (Å²) in [4.78, 5) is 14.3. The van der Waals surface area contributed by atoms with Crippen molar-refractivity contribution in [2.75, 3.05) is 37.6 Å². The monoisotopic (exact) mass is 387 g/mol. The number of hydrogen-bond donors (Lipinski definition) is 1. The van der Waals surface area contributed by atoms with Crippen molar-refractivity contribution >= 4 is 16.6 Å². The van der Waals surface area contributed by atoms with Crippen LogP contribution in [0.25, 0.3) is 10.9 Å². The van der Waals surface area contributed by atoms with E-state index in [1.54, 1.807) is 0 Å². The number of aromatic nitrogens is 2. The van der Waals surface area contributed by atoms with E-state index >= 15 is 0 Å². The Bertz CT molecular complexity index is 987. The number of anilines is 1. The smallest absolute Gasteiger partial charge is 0.0702 e. The van der Waals surface area contributed by atoms with Crippen LogP contribution in [-0.4, -0.2) is 47.6 Å². The van der Waals surface area contributed by atoms with Gasteiger partial charge >= 0.3 is 0 Å². The molecule has 2 aliphatic rings. The van der Waals surface area contributed by atoms with Crippen LogP contribution < -0.4 is 10.2 Å². The van der Waals surface area contributed by atoms with Crippen molar-refractivity contribution in [3.8, 4) is 0 Å². The molecule has 0 radical (unpaired) electrons. The van der Waals surface area contributed by atoms with E-state index < -0.39 is 0 Å². The molecule has 0 unspecified atom stereocenters. The van der Waals surface area contributed by atoms with Gasteiger partial charge in [0.25, 0.3) is 0 Å². The zero-order valence-corrected chi connectivity index (χ0v) is 17.1. The minimum Gasteiger partial charge on any atom is -0.369 e. The lowest BCUT2D eigenvalue weighted by Gasteiger charge is -2.36. The van der Waals surface area contributed by atoms with Gasteiger partial charge < -0.3 is 10.2 Å². The Morgan fingerprint density at radius 2 is 1.97 bits per heavy atom. The normalized spacial score (nSPS) is 20.4. The maximum absolute atomic E-state index is 4.80. The second kappa shape index (κ2) is 8.09. The van der Waals surface area contributed by atoms with E-state index in [0.717, 1.165) is 50.5 Å². The summed E-state index contributed by atoms with van der Waals surface area (Å²) >= 11 is 0. The first-order chi connectivity index (χ1) is 14.2. The lowest BCUT2D eigenvalue weighted by Crippen LogP contribution is -2.46. The summed E-state index contributed by atoms with van der Waals surface area (Å²) in [5.41, 5.74) is 6.11. The van der Waals surface area contributed by atoms with Gasteiger partial charge in [0.2, 0.25) is 0 Å². The van der Waals surface area contributed by atoms with E-state index in [-0.39, 0.29) is 0 Å². The minimum atomic E-state index is 0.428. The molecule has 0 aliphatic carbocycles. The predicted octanol–water partition coefficient (Wildman–Crippen LogP) is 3.68. The fourth-order valence-electron chi connectivity index (χ4n) is 4.62. The van der Waals surface area contributed by atoms with Gasteiger partial charge in [0.15, 0.2) is 0 Å². The number of benzene rings is 1. The van der Waals surface area contributed by atoms with Crippen LogP contribution in [0, 0.1) is 6.92 Å². The number of rotatable bonds is 4. The standard InChI is InChI=1S/C24H29N5/c1-18-14-21(16-24(27-18)23-5-3-9-26-23)29-12-10-28(11-13-29)17-19-6-7-22-20(15-19)4-2-8-25-22/h2,4,6-8,14-16,23,26H,3,5,9-13,17H2,1H3/t23-/m0/s1. The Morgan fingerprint density at radius 3 is 2.79 bits per heavy atom. The van der Waals surface area contributed by atoms with Crippen LogP contribution >= 0.6 is 0 Å². The number of pyridine rings is 2. The highest BCUT2D eigenvalue weighted by Gasteiger charge is 2.22. The SMILES string of the molecule is Cc1cc(N2CCN(Cc3ccc4ncccc4c3)CC2)cc([C@@H]2CCCN2)n1. The van der Waals surface area contributed by atoms with Crippen molar-refractivity contribution in [3.63, 3.8) is 0 Å². The first-order valence-electron chi connectivity index (χ1n) is 10.8. The Labute approximate surface area is 172 Å². The first-order valence-corrected chi connectivity index (χ1v) is 10.8. The highest BCUT2D eigenvalue weighted by Crippen LogP contribution is 2.27. The average molecular weight is 388 g/mol. The third kappa shape index (κ3) is 4.11. The number of piperazine rings is 1. The summed E-state index contributed by atoms with van der Waals surface area (Å²) < 4.78 is 0. The van der Waals surface area contributed by atoms with E-state index in [4.69, 9.17) is 4.98 Å². The zero-order chi connectivity index (χ0) is 19.6. The third-order valence-corrected chi connectivity index (χ3v) is 6.19. The second-order valence-corrected chi connectivity index (χ2v) is 8.33. The van der Waals surface area contributed by atoms with Crippen LogP contribution in [0.15, 0.2) is 48.7 Å². The topological polar surface area (TPSA) is 44.3 Å². The molecule has 2 saturated heterocycles. The average Bonchev–Trinajstić information content (AvgIpc) is 3.29. The number of fused-ring (bicyclic) bond motifs is 1. The van der Waals surface area contributed by atoms with Crippen LogP contribution in [0.5, 0.6) is 0 Å². The van der Waals surface area contributed by atoms with Gasteiger partial charge in [-0.2, -0.15) is 0 Å². The summed E-state index contributed by atoms with van der Waals surface area (Å²) in [5, 5.41) is 4.81. The highest BCUT2D eigenvalue weighted by atomic mass is 15.3. The summed E-state index contributed by atoms with van der Waals surface area (Å²) in [6, 6.07) is 15.8. The molecule has 5 rings (SSSR count). The van der Waals surface area contributed by atoms with E-state index in [2.05, 4.69) is 63.4 Å². The maximum atomic E-state index is 4.80. The molecular formula is C24H29N5. The van der Waals surface area contributed by atoms with Crippen molar-refractivity contribution in [1.29, 1.82) is 0 Å². The van der Waals surface area contributed by atoms with Gasteiger partial charge in [-0.1, -0.05) is 12.1 Å². The Morgan fingerprint density at radius 1 is 1.07 bits per heavy atom. The molecule has 3 aromatic rings. The Kier molecular flexibility index (Phi) is 5.17. The molecule has 0 bridgehead atoms. The molecule has 0 amide bonds. The molecule has 0 saturated carbocycles. The molecule has 5 heteroatoms. The van der Waals surface area contributed by atoms with Crippen LogP contribution in [0.3, 0.4) is 0 Å². The van der Waals surface area contributed by atoms with Crippen molar-refractivity contribution in [2.45, 2.75) is 32.4 Å². The van der Waals surface area contributed by atoms with Gasteiger partial charge in [0.1, 0.15) is 0 Å². The zero-order valence-electron chi connectivity index (χ0n) is 17.1. The summed E-state index contributed by atoms with van der Waals surface area (Å²) in [6.45, 7) is 8.54. The molecule has 2 fully saturated rings. The fraction of sp³-hybridized carbons (Fsp3) is 0.417. The molecule has 1 atom stereocenters. The molecule has 1 aromatic carbocycles. The molecule has 5 nitrogen and oxygen atoms in total. The number of aryl methyl sites for hydroxylation is 1. The van der Waals surface area contributed by atoms with Crippen molar-refractivity contribution in [1.82, 2.24) is 20.2 Å². The van der Waals surface area contributed by atoms with E-state index in [1.807, 2.05) is 12.3 Å². The van der Waals surface area contributed by atoms with E-state index in [1.165, 1.54) is 35.2 Å². The second-order valence-electron chi connectivity index (χ2n) is 8.33. The predicted molar refractivity (Wildman–Crippen MR) is 118 cm³/mol. The molecule has 4 heterocycles. The van der Waals surface area contributed by atoms with E-state index in [9.17, 15) is 0 Å². The van der Waals surface area contributed by atoms with Gasteiger partial charge in [0.05, 0.1) is 11.2 Å². The van der Waals surface area contributed by atoms with Gasteiger partial charge in [-0.25, -0.2) is 0 Å². The Balaban J connectivity index is 1.24. The van der Waals surface area contributed by atoms with E-state index in [0.29, 0.717) is 6.04 Å². The van der Waals surface area contributed by atoms with Crippen molar-refractivity contribution in [3.05, 3.63) is 65.6 Å². The van der Waals surface area contributed by atoms with Crippen LogP contribution in [0.2, 0.25) is 0 Å². The lowest BCUT2D eigenvalue weighted by molar-refractivity contribution is 0.250. The van der Waals surface area contributed by atoms with Gasteiger partial charge in [-0.3, -0.25) is 14.9 Å². The largest absolute Gasteiger partial charge is 0.369 e. The number of nitrogens with zero attached hydrogens (tertiary/aromatic N) is 4. The Hall–Kier alpha value is -2.50. The van der Waals surface area contributed by atoms with Crippen molar-refractivity contribution < 1.29 is 0 Å². The van der Waals surface area contributed by atoms with Crippen molar-refractivity contribution in [2.24, 2.45) is 0 Å². The molecule has 150 valence electrons. The molecule has 0 spiro atoms.